The fourth-order valence-electron chi connectivity index (χ4n) is 2.99. The second-order valence-corrected chi connectivity index (χ2v) is 9.55. The lowest BCUT2D eigenvalue weighted by molar-refractivity contribution is -0.140. The first-order valence-electron chi connectivity index (χ1n) is 8.30. The van der Waals surface area contributed by atoms with Gasteiger partial charge in [-0.05, 0) is 36.9 Å². The molecule has 1 fully saturated rings. The summed E-state index contributed by atoms with van der Waals surface area (Å²) in [6.07, 6.45) is -0.513. The molecule has 26 heavy (non-hydrogen) atoms. The second-order valence-electron chi connectivity index (χ2n) is 6.29. The molecule has 0 aliphatic carbocycles. The highest BCUT2D eigenvalue weighted by Crippen LogP contribution is 2.24. The number of halogens is 1. The van der Waals surface area contributed by atoms with Crippen LogP contribution in [-0.4, -0.2) is 42.9 Å². The quantitative estimate of drug-likeness (QED) is 0.752. The van der Waals surface area contributed by atoms with Crippen molar-refractivity contribution in [1.82, 2.24) is 4.90 Å². The summed E-state index contributed by atoms with van der Waals surface area (Å²) in [5.41, 5.74) is 0. The van der Waals surface area contributed by atoms with Gasteiger partial charge in [-0.25, -0.2) is 12.8 Å². The molecule has 2 aromatic rings. The Bertz CT molecular complexity index is 867. The van der Waals surface area contributed by atoms with Gasteiger partial charge >= 0.3 is 0 Å². The van der Waals surface area contributed by atoms with E-state index in [1.165, 1.54) is 23.5 Å². The van der Waals surface area contributed by atoms with Crippen molar-refractivity contribution < 1.29 is 22.3 Å². The van der Waals surface area contributed by atoms with E-state index in [-0.39, 0.29) is 29.2 Å². The summed E-state index contributed by atoms with van der Waals surface area (Å²) in [5.74, 6) is -0.849. The molecule has 1 aliphatic rings. The fraction of sp³-hybridized carbons (Fsp3) is 0.389. The van der Waals surface area contributed by atoms with E-state index in [0.717, 1.165) is 4.88 Å². The van der Waals surface area contributed by atoms with Crippen LogP contribution < -0.4 is 4.74 Å². The number of hydrogen-bond acceptors (Lipinski definition) is 5. The van der Waals surface area contributed by atoms with Gasteiger partial charge in [0.05, 0.1) is 18.1 Å². The van der Waals surface area contributed by atoms with E-state index in [4.69, 9.17) is 4.74 Å². The van der Waals surface area contributed by atoms with Gasteiger partial charge in [-0.2, -0.15) is 0 Å². The van der Waals surface area contributed by atoms with Gasteiger partial charge in [0.1, 0.15) is 0 Å². The summed E-state index contributed by atoms with van der Waals surface area (Å²) in [4.78, 5) is 15.5. The first kappa shape index (κ1) is 18.8. The standard InChI is InChI=1S/C18H20FNO4S2/c1-13(24-17-7-3-2-6-16(17)19)18(21)20(11-15-5-4-9-25-15)14-8-10-26(22,23)12-14/h2-7,9,13-14H,8,10-12H2,1H3/t13-,14-/m0/s1. The number of nitrogens with zero attached hydrogens (tertiary/aromatic N) is 1. The minimum atomic E-state index is -3.14. The molecule has 140 valence electrons. The SMILES string of the molecule is C[C@H](Oc1ccccc1F)C(=O)N(Cc1cccs1)[C@H]1CCS(=O)(=O)C1. The third-order valence-corrected chi connectivity index (χ3v) is 6.94. The van der Waals surface area contributed by atoms with E-state index in [0.29, 0.717) is 13.0 Å². The molecule has 1 aromatic heterocycles. The van der Waals surface area contributed by atoms with Crippen LogP contribution in [0.4, 0.5) is 4.39 Å². The Morgan fingerprint density at radius 2 is 2.12 bits per heavy atom. The monoisotopic (exact) mass is 397 g/mol. The number of hydrogen-bond donors (Lipinski definition) is 0. The molecular formula is C18H20FNO4S2. The lowest BCUT2D eigenvalue weighted by Gasteiger charge is -2.30. The Morgan fingerprint density at radius 3 is 2.73 bits per heavy atom. The molecule has 2 heterocycles. The third-order valence-electron chi connectivity index (χ3n) is 4.33. The number of carbonyl (C=O) groups is 1. The van der Waals surface area contributed by atoms with Crippen molar-refractivity contribution in [2.24, 2.45) is 0 Å². The molecule has 2 atom stereocenters. The van der Waals surface area contributed by atoms with Gasteiger partial charge in [0.15, 0.2) is 27.5 Å². The average Bonchev–Trinajstić information content (AvgIpc) is 3.23. The Balaban J connectivity index is 1.78. The van der Waals surface area contributed by atoms with Crippen LogP contribution in [0.1, 0.15) is 18.2 Å². The molecule has 1 aromatic carbocycles. The highest BCUT2D eigenvalue weighted by molar-refractivity contribution is 7.91. The minimum absolute atomic E-state index is 0.00321. The number of amides is 1. The molecule has 0 radical (unpaired) electrons. The Kier molecular flexibility index (Phi) is 5.62. The minimum Gasteiger partial charge on any atom is -0.478 e. The largest absolute Gasteiger partial charge is 0.478 e. The number of sulfone groups is 1. The number of rotatable bonds is 6. The predicted octanol–water partition coefficient (Wildman–Crippen LogP) is 2.87. The zero-order valence-electron chi connectivity index (χ0n) is 14.3. The van der Waals surface area contributed by atoms with Crippen LogP contribution in [0.5, 0.6) is 5.75 Å². The summed E-state index contributed by atoms with van der Waals surface area (Å²) in [7, 11) is -3.14. The van der Waals surface area contributed by atoms with Crippen LogP contribution in [-0.2, 0) is 21.2 Å². The van der Waals surface area contributed by atoms with Crippen molar-refractivity contribution in [2.75, 3.05) is 11.5 Å². The maximum atomic E-state index is 13.8. The first-order valence-corrected chi connectivity index (χ1v) is 11.0. The molecule has 0 spiro atoms. The van der Waals surface area contributed by atoms with Crippen molar-refractivity contribution in [2.45, 2.75) is 32.0 Å². The summed E-state index contributed by atoms with van der Waals surface area (Å²) in [6.45, 7) is 1.88. The van der Waals surface area contributed by atoms with E-state index in [1.54, 1.807) is 24.0 Å². The molecule has 0 saturated carbocycles. The van der Waals surface area contributed by atoms with Crippen molar-refractivity contribution in [3.8, 4) is 5.75 Å². The lowest BCUT2D eigenvalue weighted by atomic mass is 10.2. The number of benzene rings is 1. The second kappa shape index (κ2) is 7.75. The molecule has 8 heteroatoms. The van der Waals surface area contributed by atoms with Gasteiger partial charge in [0.2, 0.25) is 0 Å². The smallest absolute Gasteiger partial charge is 0.263 e. The highest BCUT2D eigenvalue weighted by atomic mass is 32.2. The molecule has 3 rings (SSSR count). The van der Waals surface area contributed by atoms with E-state index in [1.807, 2.05) is 17.5 Å². The molecule has 1 aliphatic heterocycles. The van der Waals surface area contributed by atoms with Crippen molar-refractivity contribution in [3.63, 3.8) is 0 Å². The van der Waals surface area contributed by atoms with Gasteiger partial charge in [-0.1, -0.05) is 18.2 Å². The maximum absolute atomic E-state index is 13.8. The van der Waals surface area contributed by atoms with Crippen molar-refractivity contribution in [1.29, 1.82) is 0 Å². The van der Waals surface area contributed by atoms with Crippen LogP contribution in [0.25, 0.3) is 0 Å². The van der Waals surface area contributed by atoms with E-state index < -0.39 is 21.8 Å². The van der Waals surface area contributed by atoms with Gasteiger partial charge in [-0.15, -0.1) is 11.3 Å². The normalized spacial score (nSPS) is 19.8. The molecule has 0 bridgehead atoms. The van der Waals surface area contributed by atoms with Crippen LogP contribution >= 0.6 is 11.3 Å². The van der Waals surface area contributed by atoms with Crippen molar-refractivity contribution >= 4 is 27.1 Å². The highest BCUT2D eigenvalue weighted by Gasteiger charge is 2.36. The summed E-state index contributed by atoms with van der Waals surface area (Å²) >= 11 is 1.50. The molecule has 1 amide bonds. The van der Waals surface area contributed by atoms with Crippen LogP contribution in [0.15, 0.2) is 41.8 Å². The van der Waals surface area contributed by atoms with E-state index >= 15 is 0 Å². The van der Waals surface area contributed by atoms with Crippen LogP contribution in [0, 0.1) is 5.82 Å². The molecule has 0 N–H and O–H groups in total. The van der Waals surface area contributed by atoms with Gasteiger partial charge < -0.3 is 9.64 Å². The van der Waals surface area contributed by atoms with Gasteiger partial charge in [0.25, 0.3) is 5.91 Å². The predicted molar refractivity (Wildman–Crippen MR) is 98.4 cm³/mol. The summed E-state index contributed by atoms with van der Waals surface area (Å²) < 4.78 is 43.0. The maximum Gasteiger partial charge on any atom is 0.263 e. The summed E-state index contributed by atoms with van der Waals surface area (Å²) in [5, 5.41) is 1.91. The Labute approximate surface area is 156 Å². The zero-order valence-corrected chi connectivity index (χ0v) is 15.9. The molecule has 0 unspecified atom stereocenters. The number of thiophene rings is 1. The van der Waals surface area contributed by atoms with E-state index in [2.05, 4.69) is 0 Å². The lowest BCUT2D eigenvalue weighted by Crippen LogP contribution is -2.46. The van der Waals surface area contributed by atoms with Crippen LogP contribution in [0.3, 0.4) is 0 Å². The third kappa shape index (κ3) is 4.42. The van der Waals surface area contributed by atoms with Gasteiger partial charge in [-0.3, -0.25) is 4.79 Å². The van der Waals surface area contributed by atoms with Gasteiger partial charge in [0, 0.05) is 10.9 Å². The summed E-state index contributed by atoms with van der Waals surface area (Å²) in [6, 6.07) is 9.29. The topological polar surface area (TPSA) is 63.7 Å². The number of ether oxygens (including phenoxy) is 1. The Morgan fingerprint density at radius 1 is 1.35 bits per heavy atom. The molecular weight excluding hydrogens is 377 g/mol. The Hall–Kier alpha value is -1.93. The first-order chi connectivity index (χ1) is 12.4. The van der Waals surface area contributed by atoms with Crippen LogP contribution in [0.2, 0.25) is 0 Å². The average molecular weight is 397 g/mol. The van der Waals surface area contributed by atoms with Crippen molar-refractivity contribution in [3.05, 3.63) is 52.5 Å². The zero-order chi connectivity index (χ0) is 18.7. The molecule has 5 nitrogen and oxygen atoms in total. The number of carbonyl (C=O) groups excluding carboxylic acids is 1. The van der Waals surface area contributed by atoms with E-state index in [9.17, 15) is 17.6 Å². The fourth-order valence-corrected chi connectivity index (χ4v) is 5.43. The number of para-hydroxylation sites is 1. The molecule has 1 saturated heterocycles.